The Morgan fingerprint density at radius 3 is 2.68 bits per heavy atom. The Kier molecular flexibility index (Phi) is 4.16. The summed E-state index contributed by atoms with van der Waals surface area (Å²) >= 11 is 4.99. The van der Waals surface area contributed by atoms with Crippen molar-refractivity contribution in [3.05, 3.63) is 56.2 Å². The highest BCUT2D eigenvalue weighted by atomic mass is 32.1. The number of aromatic nitrogens is 2. The second kappa shape index (κ2) is 5.84. The molecule has 2 rings (SSSR count). The highest BCUT2D eigenvalue weighted by Gasteiger charge is 2.10. The Morgan fingerprint density at radius 1 is 1.26 bits per heavy atom. The summed E-state index contributed by atoms with van der Waals surface area (Å²) in [5.74, 6) is 0.201. The fourth-order valence-electron chi connectivity index (χ4n) is 2.06. The van der Waals surface area contributed by atoms with E-state index in [1.165, 1.54) is 0 Å². The van der Waals surface area contributed by atoms with Crippen molar-refractivity contribution >= 4 is 12.2 Å². The number of rotatable bonds is 4. The van der Waals surface area contributed by atoms with E-state index in [0.717, 1.165) is 24.1 Å². The molecule has 1 aromatic carbocycles. The molecule has 0 aliphatic heterocycles. The van der Waals surface area contributed by atoms with Gasteiger partial charge in [0.2, 0.25) is 0 Å². The molecule has 19 heavy (non-hydrogen) atoms. The van der Waals surface area contributed by atoms with E-state index in [-0.39, 0.29) is 11.3 Å². The van der Waals surface area contributed by atoms with Crippen molar-refractivity contribution in [2.24, 2.45) is 0 Å². The van der Waals surface area contributed by atoms with Crippen LogP contribution < -0.4 is 5.56 Å². The Bertz CT molecular complexity index is 688. The van der Waals surface area contributed by atoms with Crippen LogP contribution in [0.1, 0.15) is 30.2 Å². The molecular weight excluding hydrogens is 260 g/mol. The van der Waals surface area contributed by atoms with E-state index in [2.05, 4.69) is 9.97 Å². The average molecular weight is 276 g/mol. The normalized spacial score (nSPS) is 10.6. The van der Waals surface area contributed by atoms with E-state index in [9.17, 15) is 9.90 Å². The molecule has 0 saturated carbocycles. The number of benzene rings is 1. The van der Waals surface area contributed by atoms with Crippen LogP contribution in [-0.4, -0.2) is 15.1 Å². The summed E-state index contributed by atoms with van der Waals surface area (Å²) in [6, 6.07) is 7.03. The van der Waals surface area contributed by atoms with E-state index in [1.807, 2.05) is 19.1 Å². The lowest BCUT2D eigenvalue weighted by molar-refractivity contribution is 0.469. The fraction of sp³-hybridized carbons (Fsp3) is 0.286. The molecule has 0 saturated heterocycles. The zero-order valence-electron chi connectivity index (χ0n) is 10.7. The van der Waals surface area contributed by atoms with Crippen LogP contribution >= 0.6 is 12.2 Å². The number of hydrogen-bond acceptors (Lipinski definition) is 3. The minimum atomic E-state index is -0.185. The smallest absolute Gasteiger partial charge is 0.255 e. The Balaban J connectivity index is 2.48. The second-order valence-corrected chi connectivity index (χ2v) is 4.83. The average Bonchev–Trinajstić information content (AvgIpc) is 2.36. The highest BCUT2D eigenvalue weighted by Crippen LogP contribution is 2.19. The molecule has 3 N–H and O–H groups in total. The number of H-pyrrole nitrogens is 2. The maximum Gasteiger partial charge on any atom is 0.255 e. The maximum atomic E-state index is 12.0. The van der Waals surface area contributed by atoms with Crippen LogP contribution in [0.5, 0.6) is 5.75 Å². The third-order valence-electron chi connectivity index (χ3n) is 2.99. The first-order valence-corrected chi connectivity index (χ1v) is 6.64. The zero-order valence-corrected chi connectivity index (χ0v) is 11.5. The summed E-state index contributed by atoms with van der Waals surface area (Å²) in [7, 11) is 0. The number of aromatic amines is 2. The Labute approximate surface area is 116 Å². The van der Waals surface area contributed by atoms with Crippen molar-refractivity contribution in [2.75, 3.05) is 0 Å². The number of hydrogen-bond donors (Lipinski definition) is 3. The predicted molar refractivity (Wildman–Crippen MR) is 77.2 cm³/mol. The lowest BCUT2D eigenvalue weighted by Gasteiger charge is -2.09. The molecule has 0 bridgehead atoms. The number of aromatic hydroxyl groups is 1. The number of nitrogens with one attached hydrogen (secondary N) is 2. The summed E-state index contributed by atoms with van der Waals surface area (Å²) in [5.41, 5.74) is 2.03. The first-order chi connectivity index (χ1) is 9.11. The molecule has 0 spiro atoms. The van der Waals surface area contributed by atoms with E-state index in [0.29, 0.717) is 16.8 Å². The van der Waals surface area contributed by atoms with Crippen LogP contribution in [0.3, 0.4) is 0 Å². The van der Waals surface area contributed by atoms with Crippen molar-refractivity contribution in [2.45, 2.75) is 26.2 Å². The Hall–Kier alpha value is -1.88. The second-order valence-electron chi connectivity index (χ2n) is 4.42. The lowest BCUT2D eigenvalue weighted by Crippen LogP contribution is -2.18. The van der Waals surface area contributed by atoms with Crippen LogP contribution in [0, 0.1) is 4.77 Å². The third-order valence-corrected chi connectivity index (χ3v) is 3.19. The summed E-state index contributed by atoms with van der Waals surface area (Å²) < 4.78 is 0.342. The summed E-state index contributed by atoms with van der Waals surface area (Å²) in [6.45, 7) is 2.04. The quantitative estimate of drug-likeness (QED) is 0.752. The molecule has 1 heterocycles. The molecule has 0 radical (unpaired) electrons. The highest BCUT2D eigenvalue weighted by molar-refractivity contribution is 7.71. The molecule has 4 nitrogen and oxygen atoms in total. The van der Waals surface area contributed by atoms with Gasteiger partial charge >= 0.3 is 0 Å². The molecular formula is C14H16N2O2S. The van der Waals surface area contributed by atoms with Crippen molar-refractivity contribution < 1.29 is 5.11 Å². The van der Waals surface area contributed by atoms with E-state index >= 15 is 0 Å². The molecule has 0 fully saturated rings. The standard InChI is InChI=1S/C14H16N2O2S/c1-2-5-11-10(13(18)16-14(19)15-11)8-9-6-3-4-7-12(9)17/h3-4,6-7,17H,2,5,8H2,1H3,(H2,15,16,18,19). The number of phenolic OH excluding ortho intramolecular Hbond substituents is 1. The third kappa shape index (κ3) is 3.12. The van der Waals surface area contributed by atoms with Gasteiger partial charge in [-0.3, -0.25) is 9.78 Å². The fourth-order valence-corrected chi connectivity index (χ4v) is 2.28. The van der Waals surface area contributed by atoms with E-state index in [1.54, 1.807) is 12.1 Å². The van der Waals surface area contributed by atoms with Crippen LogP contribution in [-0.2, 0) is 12.8 Å². The van der Waals surface area contributed by atoms with Crippen molar-refractivity contribution in [1.82, 2.24) is 9.97 Å². The van der Waals surface area contributed by atoms with E-state index in [4.69, 9.17) is 12.2 Å². The van der Waals surface area contributed by atoms with Crippen LogP contribution in [0.25, 0.3) is 0 Å². The van der Waals surface area contributed by atoms with Crippen molar-refractivity contribution in [3.63, 3.8) is 0 Å². The van der Waals surface area contributed by atoms with Crippen LogP contribution in [0.2, 0.25) is 0 Å². The molecule has 0 aliphatic carbocycles. The Morgan fingerprint density at radius 2 is 2.00 bits per heavy atom. The van der Waals surface area contributed by atoms with Gasteiger partial charge in [0.25, 0.3) is 5.56 Å². The van der Waals surface area contributed by atoms with Gasteiger partial charge < -0.3 is 10.1 Å². The summed E-state index contributed by atoms with van der Waals surface area (Å²) in [4.78, 5) is 17.7. The van der Waals surface area contributed by atoms with Gasteiger partial charge in [-0.15, -0.1) is 0 Å². The molecule has 0 unspecified atom stereocenters. The van der Waals surface area contributed by atoms with Gasteiger partial charge in [-0.25, -0.2) is 0 Å². The molecule has 0 amide bonds. The van der Waals surface area contributed by atoms with Gasteiger partial charge in [0.05, 0.1) is 0 Å². The number of aryl methyl sites for hydroxylation is 1. The number of phenols is 1. The lowest BCUT2D eigenvalue weighted by atomic mass is 10.0. The maximum absolute atomic E-state index is 12.0. The topological polar surface area (TPSA) is 68.9 Å². The molecule has 100 valence electrons. The van der Waals surface area contributed by atoms with Gasteiger partial charge in [0, 0.05) is 17.7 Å². The first kappa shape index (κ1) is 13.5. The molecule has 5 heteroatoms. The van der Waals surface area contributed by atoms with Gasteiger partial charge in [-0.2, -0.15) is 0 Å². The van der Waals surface area contributed by atoms with Crippen molar-refractivity contribution in [1.29, 1.82) is 0 Å². The van der Waals surface area contributed by atoms with Gasteiger partial charge in [-0.1, -0.05) is 31.5 Å². The molecule has 0 aliphatic rings. The largest absolute Gasteiger partial charge is 0.508 e. The van der Waals surface area contributed by atoms with Gasteiger partial charge in [0.1, 0.15) is 5.75 Å². The predicted octanol–water partition coefficient (Wildman–Crippen LogP) is 2.68. The molecule has 0 atom stereocenters. The van der Waals surface area contributed by atoms with Crippen LogP contribution in [0.4, 0.5) is 0 Å². The van der Waals surface area contributed by atoms with Gasteiger partial charge in [-0.05, 0) is 30.3 Å². The minimum absolute atomic E-state index is 0.185. The number of para-hydroxylation sites is 1. The SMILES string of the molecule is CCCc1[nH]c(=S)[nH]c(=O)c1Cc1ccccc1O. The summed E-state index contributed by atoms with van der Waals surface area (Å²) in [6.07, 6.45) is 2.07. The first-order valence-electron chi connectivity index (χ1n) is 6.23. The summed E-state index contributed by atoms with van der Waals surface area (Å²) in [5, 5.41) is 9.80. The monoisotopic (exact) mass is 276 g/mol. The van der Waals surface area contributed by atoms with Gasteiger partial charge in [0.15, 0.2) is 4.77 Å². The minimum Gasteiger partial charge on any atom is -0.508 e. The van der Waals surface area contributed by atoms with Crippen molar-refractivity contribution in [3.8, 4) is 5.75 Å². The van der Waals surface area contributed by atoms with Crippen LogP contribution in [0.15, 0.2) is 29.1 Å². The molecule has 1 aromatic heterocycles. The zero-order chi connectivity index (χ0) is 13.8. The molecule has 2 aromatic rings. The van der Waals surface area contributed by atoms with E-state index < -0.39 is 0 Å².